The third-order valence-corrected chi connectivity index (χ3v) is 2.31. The SMILES string of the molecule is O=[P+](O)OC=C=NC1CCCCC1. The van der Waals surface area contributed by atoms with Crippen LogP contribution in [0, 0.1) is 0 Å². The molecule has 0 amide bonds. The maximum atomic E-state index is 10.1. The normalized spacial score (nSPS) is 18.7. The Balaban J connectivity index is 2.28. The summed E-state index contributed by atoms with van der Waals surface area (Å²) in [5, 5.41) is 0. The predicted molar refractivity (Wildman–Crippen MR) is 49.8 cm³/mol. The van der Waals surface area contributed by atoms with E-state index in [1.165, 1.54) is 19.3 Å². The summed E-state index contributed by atoms with van der Waals surface area (Å²) in [5.41, 5.74) is 0. The Labute approximate surface area is 78.3 Å². The molecule has 1 fully saturated rings. The van der Waals surface area contributed by atoms with Crippen molar-refractivity contribution in [2.45, 2.75) is 38.1 Å². The molecule has 0 aromatic heterocycles. The number of rotatable bonds is 3. The van der Waals surface area contributed by atoms with Crippen LogP contribution < -0.4 is 0 Å². The Bertz CT molecular complexity index is 230. The molecular weight excluding hydrogens is 189 g/mol. The van der Waals surface area contributed by atoms with Crippen molar-refractivity contribution in [2.24, 2.45) is 4.99 Å². The van der Waals surface area contributed by atoms with Crippen LogP contribution in [0.1, 0.15) is 32.1 Å². The summed E-state index contributed by atoms with van der Waals surface area (Å²) in [5.74, 6) is 2.52. The third kappa shape index (κ3) is 4.79. The van der Waals surface area contributed by atoms with E-state index in [2.05, 4.69) is 15.4 Å². The second-order valence-electron chi connectivity index (χ2n) is 3.01. The molecule has 4 nitrogen and oxygen atoms in total. The first kappa shape index (κ1) is 10.4. The average Bonchev–Trinajstić information content (AvgIpc) is 2.14. The zero-order valence-corrected chi connectivity index (χ0v) is 8.24. The van der Waals surface area contributed by atoms with Crippen LogP contribution in [0.15, 0.2) is 11.3 Å². The molecule has 0 aromatic rings. The van der Waals surface area contributed by atoms with Crippen molar-refractivity contribution in [3.63, 3.8) is 0 Å². The van der Waals surface area contributed by atoms with Crippen LogP contribution in [-0.4, -0.2) is 16.8 Å². The molecule has 5 heteroatoms. The molecule has 0 aromatic carbocycles. The first-order valence-corrected chi connectivity index (χ1v) is 5.52. The smallest absolute Gasteiger partial charge is 0.237 e. The van der Waals surface area contributed by atoms with E-state index in [9.17, 15) is 4.57 Å². The first-order chi connectivity index (χ1) is 6.29. The summed E-state index contributed by atoms with van der Waals surface area (Å²) in [6.07, 6.45) is 6.94. The van der Waals surface area contributed by atoms with Crippen LogP contribution in [0.4, 0.5) is 0 Å². The van der Waals surface area contributed by atoms with E-state index in [4.69, 9.17) is 4.89 Å². The Morgan fingerprint density at radius 1 is 1.46 bits per heavy atom. The molecule has 0 radical (unpaired) electrons. The summed E-state index contributed by atoms with van der Waals surface area (Å²) in [6, 6.07) is 0.324. The zero-order valence-electron chi connectivity index (χ0n) is 7.35. The second kappa shape index (κ2) is 5.87. The molecule has 0 aliphatic heterocycles. The Morgan fingerprint density at radius 3 is 2.77 bits per heavy atom. The highest BCUT2D eigenvalue weighted by atomic mass is 31.1. The number of aliphatic imine (C=N–C) groups is 1. The van der Waals surface area contributed by atoms with Crippen LogP contribution >= 0.6 is 8.25 Å². The monoisotopic (exact) mass is 202 g/mol. The molecule has 0 bridgehead atoms. The van der Waals surface area contributed by atoms with Gasteiger partial charge in [-0.05, 0) is 12.8 Å². The van der Waals surface area contributed by atoms with Crippen LogP contribution in [-0.2, 0) is 9.09 Å². The quantitative estimate of drug-likeness (QED) is 0.433. The van der Waals surface area contributed by atoms with Gasteiger partial charge >= 0.3 is 8.25 Å². The summed E-state index contributed by atoms with van der Waals surface area (Å²) in [6.45, 7) is 0. The molecule has 1 rings (SSSR count). The lowest BCUT2D eigenvalue weighted by atomic mass is 9.96. The van der Waals surface area contributed by atoms with Crippen molar-refractivity contribution in [3.8, 4) is 0 Å². The van der Waals surface area contributed by atoms with Crippen LogP contribution in [0.3, 0.4) is 0 Å². The van der Waals surface area contributed by atoms with Gasteiger partial charge in [0.15, 0.2) is 0 Å². The van der Waals surface area contributed by atoms with Crippen LogP contribution in [0.25, 0.3) is 0 Å². The van der Waals surface area contributed by atoms with Gasteiger partial charge in [0, 0.05) is 10.4 Å². The van der Waals surface area contributed by atoms with Gasteiger partial charge in [0.05, 0.1) is 6.04 Å². The molecular formula is C8H13NO3P+. The fraction of sp³-hybridized carbons (Fsp3) is 0.750. The maximum Gasteiger partial charge on any atom is 0.747 e. The van der Waals surface area contributed by atoms with Crippen LogP contribution in [0.5, 0.6) is 0 Å². The molecule has 1 aliphatic rings. The summed E-state index contributed by atoms with van der Waals surface area (Å²) in [7, 11) is -2.56. The van der Waals surface area contributed by atoms with Crippen molar-refractivity contribution in [3.05, 3.63) is 6.26 Å². The van der Waals surface area contributed by atoms with Crippen LogP contribution in [0.2, 0.25) is 0 Å². The standard InChI is InChI=1S/C8H12NO3P/c10-13(11)12-7-6-9-8-4-2-1-3-5-8/h7-8H,1-5H2/p+1. The zero-order chi connectivity index (χ0) is 9.52. The minimum Gasteiger partial charge on any atom is -0.237 e. The highest BCUT2D eigenvalue weighted by Gasteiger charge is 2.11. The number of hydrogen-bond acceptors (Lipinski definition) is 3. The van der Waals surface area contributed by atoms with E-state index in [1.54, 1.807) is 0 Å². The van der Waals surface area contributed by atoms with E-state index < -0.39 is 8.25 Å². The van der Waals surface area contributed by atoms with Gasteiger partial charge in [-0.15, -0.1) is 4.89 Å². The topological polar surface area (TPSA) is 58.9 Å². The maximum absolute atomic E-state index is 10.1. The lowest BCUT2D eigenvalue weighted by Gasteiger charge is -2.15. The molecule has 0 saturated heterocycles. The van der Waals surface area contributed by atoms with Gasteiger partial charge in [0.1, 0.15) is 0 Å². The molecule has 13 heavy (non-hydrogen) atoms. The van der Waals surface area contributed by atoms with Crippen molar-refractivity contribution < 1.29 is 14.0 Å². The third-order valence-electron chi connectivity index (χ3n) is 2.03. The lowest BCUT2D eigenvalue weighted by Crippen LogP contribution is -2.08. The Kier molecular flexibility index (Phi) is 4.69. The van der Waals surface area contributed by atoms with Gasteiger partial charge in [-0.25, -0.2) is 9.52 Å². The van der Waals surface area contributed by atoms with Crippen molar-refractivity contribution >= 4 is 14.1 Å². The van der Waals surface area contributed by atoms with E-state index in [-0.39, 0.29) is 0 Å². The van der Waals surface area contributed by atoms with Gasteiger partial charge in [0.2, 0.25) is 6.26 Å². The van der Waals surface area contributed by atoms with Crippen molar-refractivity contribution in [1.82, 2.24) is 0 Å². The Morgan fingerprint density at radius 2 is 2.15 bits per heavy atom. The van der Waals surface area contributed by atoms with E-state index in [0.717, 1.165) is 19.1 Å². The van der Waals surface area contributed by atoms with Gasteiger partial charge < -0.3 is 0 Å². The molecule has 0 spiro atoms. The minimum atomic E-state index is -2.56. The largest absolute Gasteiger partial charge is 0.747 e. The molecule has 1 unspecified atom stereocenters. The molecule has 1 aliphatic carbocycles. The highest BCUT2D eigenvalue weighted by Crippen LogP contribution is 2.19. The number of hydrogen-bond donors (Lipinski definition) is 1. The lowest BCUT2D eigenvalue weighted by molar-refractivity contribution is 0.380. The predicted octanol–water partition coefficient (Wildman–Crippen LogP) is 2.17. The van der Waals surface area contributed by atoms with Gasteiger partial charge in [0.25, 0.3) is 0 Å². The average molecular weight is 202 g/mol. The first-order valence-electron chi connectivity index (χ1n) is 4.39. The molecule has 72 valence electrons. The summed E-state index contributed by atoms with van der Waals surface area (Å²) in [4.78, 5) is 12.3. The van der Waals surface area contributed by atoms with E-state index in [0.29, 0.717) is 6.04 Å². The van der Waals surface area contributed by atoms with Crippen molar-refractivity contribution in [2.75, 3.05) is 0 Å². The summed E-state index contributed by atoms with van der Waals surface area (Å²) < 4.78 is 14.3. The van der Waals surface area contributed by atoms with E-state index >= 15 is 0 Å². The van der Waals surface area contributed by atoms with Gasteiger partial charge in [-0.2, -0.15) is 0 Å². The molecule has 1 atom stereocenters. The Hall–Kier alpha value is -0.690. The fourth-order valence-corrected chi connectivity index (χ4v) is 1.55. The molecule has 1 N–H and O–H groups in total. The fourth-order valence-electron chi connectivity index (χ4n) is 1.41. The highest BCUT2D eigenvalue weighted by molar-refractivity contribution is 7.32. The molecule has 0 heterocycles. The number of nitrogens with zero attached hydrogens (tertiary/aromatic N) is 1. The minimum absolute atomic E-state index is 0.324. The summed E-state index contributed by atoms with van der Waals surface area (Å²) >= 11 is 0. The van der Waals surface area contributed by atoms with Gasteiger partial charge in [-0.1, -0.05) is 19.3 Å². The van der Waals surface area contributed by atoms with E-state index in [1.807, 2.05) is 0 Å². The molecule has 1 saturated carbocycles. The second-order valence-corrected chi connectivity index (χ2v) is 3.70. The van der Waals surface area contributed by atoms with Crippen molar-refractivity contribution in [1.29, 1.82) is 0 Å². The van der Waals surface area contributed by atoms with Gasteiger partial charge in [-0.3, -0.25) is 0 Å².